The summed E-state index contributed by atoms with van der Waals surface area (Å²) in [6.45, 7) is 24.6. The summed E-state index contributed by atoms with van der Waals surface area (Å²) in [7, 11) is -5.21. The monoisotopic (exact) mass is 613 g/mol. The van der Waals surface area contributed by atoms with E-state index in [0.29, 0.717) is 18.9 Å². The van der Waals surface area contributed by atoms with E-state index >= 15 is 0 Å². The second-order valence-electron chi connectivity index (χ2n) is 14.3. The summed E-state index contributed by atoms with van der Waals surface area (Å²) in [5.74, 6) is 0.549. The highest BCUT2D eigenvalue weighted by molar-refractivity contribution is 6.71. The fourth-order valence-corrected chi connectivity index (χ4v) is 8.33. The lowest BCUT2D eigenvalue weighted by Gasteiger charge is -2.29. The number of rotatable bonds is 20. The average Bonchev–Trinajstić information content (AvgIpc) is 3.10. The summed E-state index contributed by atoms with van der Waals surface area (Å²) in [4.78, 5) is 17.7. The molecule has 0 aliphatic heterocycles. The molecule has 234 valence electrons. The quantitative estimate of drug-likeness (QED) is 0.0592. The minimum Gasteiger partial charge on any atom is -0.520 e. The van der Waals surface area contributed by atoms with E-state index in [9.17, 15) is 4.79 Å². The van der Waals surface area contributed by atoms with E-state index in [2.05, 4.69) is 83.2 Å². The lowest BCUT2D eigenvalue weighted by Crippen LogP contribution is -2.35. The van der Waals surface area contributed by atoms with E-state index in [1.54, 1.807) is 0 Å². The standard InChI is InChI=1S/C31H63NO5Si3/c1-12-14-17-20-26(35-38(3,4)5)23-24-28-27(21-18-15-16-19-22-31(33)37-40(9,10)11)29(32-34-13-2)25-30(28)36-39(6,7)8/h23-24,26-28,30H,12-22,25H2,1-11H3. The van der Waals surface area contributed by atoms with Gasteiger partial charge < -0.3 is 18.1 Å². The molecule has 0 radical (unpaired) electrons. The third-order valence-corrected chi connectivity index (χ3v) is 9.62. The van der Waals surface area contributed by atoms with Gasteiger partial charge in [0.05, 0.1) is 17.9 Å². The van der Waals surface area contributed by atoms with Gasteiger partial charge in [-0.25, -0.2) is 0 Å². The minimum atomic E-state index is -1.80. The Hall–Kier alpha value is -0.749. The Balaban J connectivity index is 3.00. The van der Waals surface area contributed by atoms with Crippen molar-refractivity contribution in [3.63, 3.8) is 0 Å². The molecule has 6 nitrogen and oxygen atoms in total. The molecular formula is C31H63NO5Si3. The van der Waals surface area contributed by atoms with E-state index in [-0.39, 0.29) is 24.1 Å². The zero-order chi connectivity index (χ0) is 30.4. The van der Waals surface area contributed by atoms with Crippen molar-refractivity contribution in [2.75, 3.05) is 6.61 Å². The zero-order valence-electron chi connectivity index (χ0n) is 27.9. The van der Waals surface area contributed by atoms with Gasteiger partial charge in [-0.2, -0.15) is 0 Å². The Labute approximate surface area is 250 Å². The van der Waals surface area contributed by atoms with Gasteiger partial charge in [-0.3, -0.25) is 4.79 Å². The van der Waals surface area contributed by atoms with Crippen LogP contribution in [0.1, 0.15) is 84.5 Å². The van der Waals surface area contributed by atoms with E-state index in [0.717, 1.165) is 50.7 Å². The zero-order valence-corrected chi connectivity index (χ0v) is 30.9. The third kappa shape index (κ3) is 17.3. The van der Waals surface area contributed by atoms with Gasteiger partial charge in [0.2, 0.25) is 8.32 Å². The Morgan fingerprint density at radius 3 is 2.15 bits per heavy atom. The van der Waals surface area contributed by atoms with Gasteiger partial charge in [0.15, 0.2) is 16.6 Å². The molecule has 0 spiro atoms. The number of hydrogen-bond acceptors (Lipinski definition) is 6. The van der Waals surface area contributed by atoms with Crippen molar-refractivity contribution < 1.29 is 22.9 Å². The lowest BCUT2D eigenvalue weighted by molar-refractivity contribution is -0.135. The fourth-order valence-electron chi connectivity index (χ4n) is 5.29. The molecule has 0 amide bonds. The van der Waals surface area contributed by atoms with Crippen molar-refractivity contribution in [3.8, 4) is 0 Å². The molecule has 0 saturated heterocycles. The van der Waals surface area contributed by atoms with Crippen molar-refractivity contribution in [2.45, 2.75) is 156 Å². The predicted octanol–water partition coefficient (Wildman–Crippen LogP) is 9.31. The van der Waals surface area contributed by atoms with Crippen LogP contribution in [0.15, 0.2) is 17.3 Å². The molecule has 0 aromatic carbocycles. The van der Waals surface area contributed by atoms with Crippen LogP contribution in [0.4, 0.5) is 0 Å². The highest BCUT2D eigenvalue weighted by atomic mass is 28.4. The summed E-state index contributed by atoms with van der Waals surface area (Å²) in [6.07, 6.45) is 16.4. The number of hydrogen-bond donors (Lipinski definition) is 0. The van der Waals surface area contributed by atoms with E-state index in [1.165, 1.54) is 19.3 Å². The number of unbranched alkanes of at least 4 members (excludes halogenated alkanes) is 5. The molecule has 0 aromatic heterocycles. The highest BCUT2D eigenvalue weighted by Crippen LogP contribution is 2.39. The summed E-state index contributed by atoms with van der Waals surface area (Å²) < 4.78 is 19.0. The highest BCUT2D eigenvalue weighted by Gasteiger charge is 2.42. The van der Waals surface area contributed by atoms with Crippen LogP contribution >= 0.6 is 0 Å². The first kappa shape index (κ1) is 37.3. The Morgan fingerprint density at radius 1 is 0.900 bits per heavy atom. The second kappa shape index (κ2) is 18.0. The maximum atomic E-state index is 12.1. The van der Waals surface area contributed by atoms with Gasteiger partial charge in [0.25, 0.3) is 5.97 Å². The van der Waals surface area contributed by atoms with Gasteiger partial charge in [-0.05, 0) is 85.1 Å². The molecule has 40 heavy (non-hydrogen) atoms. The number of carbonyl (C=O) groups is 1. The van der Waals surface area contributed by atoms with Crippen molar-refractivity contribution >= 4 is 36.6 Å². The molecule has 1 aliphatic carbocycles. The van der Waals surface area contributed by atoms with Crippen LogP contribution in [0, 0.1) is 11.8 Å². The predicted molar refractivity (Wildman–Crippen MR) is 178 cm³/mol. The number of oxime groups is 1. The van der Waals surface area contributed by atoms with Gasteiger partial charge in [0, 0.05) is 24.7 Å². The Morgan fingerprint density at radius 2 is 1.57 bits per heavy atom. The van der Waals surface area contributed by atoms with Crippen LogP contribution in [0.25, 0.3) is 0 Å². The topological polar surface area (TPSA) is 66.4 Å². The fraction of sp³-hybridized carbons (Fsp3) is 0.871. The van der Waals surface area contributed by atoms with E-state index < -0.39 is 25.0 Å². The van der Waals surface area contributed by atoms with Crippen LogP contribution < -0.4 is 0 Å². The molecule has 0 aromatic rings. The number of carbonyl (C=O) groups excluding carboxylic acids is 1. The largest absolute Gasteiger partial charge is 0.520 e. The first-order valence-corrected chi connectivity index (χ1v) is 26.2. The molecule has 1 fully saturated rings. The molecule has 1 rings (SSSR count). The van der Waals surface area contributed by atoms with Crippen molar-refractivity contribution in [1.29, 1.82) is 0 Å². The SMILES string of the molecule is CCCCCC(C=CC1C(O[Si](C)(C)C)CC(=NOCC)C1CCCCCCC(=O)O[Si](C)(C)C)O[Si](C)(C)C. The molecule has 4 unspecified atom stereocenters. The smallest absolute Gasteiger partial charge is 0.292 e. The Bertz CT molecular complexity index is 783. The van der Waals surface area contributed by atoms with Crippen LogP contribution in [-0.2, 0) is 22.9 Å². The number of nitrogens with zero attached hydrogens (tertiary/aromatic N) is 1. The maximum Gasteiger partial charge on any atom is 0.292 e. The van der Waals surface area contributed by atoms with E-state index in [1.807, 2.05) is 6.92 Å². The molecule has 0 N–H and O–H groups in total. The molecule has 1 saturated carbocycles. The minimum absolute atomic E-state index is 0.0355. The summed E-state index contributed by atoms with van der Waals surface area (Å²) in [6, 6.07) is 0. The molecule has 4 atom stereocenters. The molecule has 0 bridgehead atoms. The first-order chi connectivity index (χ1) is 18.5. The molecule has 0 heterocycles. The van der Waals surface area contributed by atoms with Crippen LogP contribution in [0.5, 0.6) is 0 Å². The summed E-state index contributed by atoms with van der Waals surface area (Å²) >= 11 is 0. The molecular weight excluding hydrogens is 551 g/mol. The normalized spacial score (nSPS) is 22.3. The van der Waals surface area contributed by atoms with Crippen molar-refractivity contribution in [1.82, 2.24) is 0 Å². The average molecular weight is 614 g/mol. The van der Waals surface area contributed by atoms with Crippen molar-refractivity contribution in [3.05, 3.63) is 12.2 Å². The third-order valence-electron chi connectivity index (χ3n) is 6.76. The van der Waals surface area contributed by atoms with Gasteiger partial charge in [0.1, 0.15) is 6.61 Å². The molecule has 9 heteroatoms. The molecule has 1 aliphatic rings. The van der Waals surface area contributed by atoms with Crippen LogP contribution in [-0.4, -0.2) is 55.4 Å². The lowest BCUT2D eigenvalue weighted by atomic mass is 9.88. The maximum absolute atomic E-state index is 12.1. The summed E-state index contributed by atoms with van der Waals surface area (Å²) in [5, 5.41) is 4.61. The van der Waals surface area contributed by atoms with Crippen LogP contribution in [0.3, 0.4) is 0 Å². The summed E-state index contributed by atoms with van der Waals surface area (Å²) in [5.41, 5.74) is 1.15. The Kier molecular flexibility index (Phi) is 16.8. The first-order valence-electron chi connectivity index (χ1n) is 16.0. The van der Waals surface area contributed by atoms with Gasteiger partial charge in [-0.15, -0.1) is 0 Å². The van der Waals surface area contributed by atoms with Gasteiger partial charge >= 0.3 is 0 Å². The van der Waals surface area contributed by atoms with E-state index in [4.69, 9.17) is 18.1 Å². The van der Waals surface area contributed by atoms with Crippen molar-refractivity contribution in [2.24, 2.45) is 17.0 Å². The van der Waals surface area contributed by atoms with Crippen LogP contribution in [0.2, 0.25) is 58.9 Å². The second-order valence-corrected chi connectivity index (χ2v) is 27.7. The van der Waals surface area contributed by atoms with Gasteiger partial charge in [-0.1, -0.05) is 62.8 Å².